The Morgan fingerprint density at radius 3 is 2.71 bits per heavy atom. The van der Waals surface area contributed by atoms with Crippen molar-refractivity contribution in [2.75, 3.05) is 32.8 Å². The topological polar surface area (TPSA) is 67.6 Å². The van der Waals surface area contributed by atoms with Gasteiger partial charge in [0.2, 0.25) is 5.91 Å². The van der Waals surface area contributed by atoms with Crippen LogP contribution in [0.1, 0.15) is 37.3 Å². The lowest BCUT2D eigenvalue weighted by molar-refractivity contribution is -0.126. The minimum atomic E-state index is -0.739. The molecule has 132 valence electrons. The highest BCUT2D eigenvalue weighted by atomic mass is 19.1. The van der Waals surface area contributed by atoms with Gasteiger partial charge in [0, 0.05) is 19.6 Å². The van der Waals surface area contributed by atoms with Crippen LogP contribution in [0.15, 0.2) is 24.3 Å². The summed E-state index contributed by atoms with van der Waals surface area (Å²) in [6.07, 6.45) is 3.48. The van der Waals surface area contributed by atoms with Gasteiger partial charge in [0.15, 0.2) is 0 Å². The first-order chi connectivity index (χ1) is 11.6. The van der Waals surface area contributed by atoms with Crippen molar-refractivity contribution in [2.24, 2.45) is 5.73 Å². The Hall–Kier alpha value is -1.50. The molecule has 5 nitrogen and oxygen atoms in total. The van der Waals surface area contributed by atoms with Crippen molar-refractivity contribution in [3.8, 4) is 0 Å². The SMILES string of the molecule is NC1(C(=O)NCC(c2cccc(F)c2)N2CCOCC2)CCCC1. The lowest BCUT2D eigenvalue weighted by Gasteiger charge is -2.35. The van der Waals surface area contributed by atoms with Gasteiger partial charge >= 0.3 is 0 Å². The fourth-order valence-electron chi connectivity index (χ4n) is 3.66. The van der Waals surface area contributed by atoms with Crippen LogP contribution >= 0.6 is 0 Å². The summed E-state index contributed by atoms with van der Waals surface area (Å²) in [5, 5.41) is 3.01. The summed E-state index contributed by atoms with van der Waals surface area (Å²) in [5.74, 6) is -0.349. The number of hydrogen-bond donors (Lipinski definition) is 2. The lowest BCUT2D eigenvalue weighted by atomic mass is 9.97. The molecule has 1 amide bonds. The standard InChI is InChI=1S/C18H26FN3O2/c19-15-5-3-4-14(12-15)16(22-8-10-24-11-9-22)13-21-17(23)18(20)6-1-2-7-18/h3-5,12,16H,1-2,6-11,13,20H2,(H,21,23). The van der Waals surface area contributed by atoms with E-state index >= 15 is 0 Å². The molecule has 1 heterocycles. The second-order valence-electron chi connectivity index (χ2n) is 6.79. The lowest BCUT2D eigenvalue weighted by Crippen LogP contribution is -2.54. The van der Waals surface area contributed by atoms with Crippen molar-refractivity contribution in [3.63, 3.8) is 0 Å². The predicted octanol–water partition coefficient (Wildman–Crippen LogP) is 1.59. The first-order valence-electron chi connectivity index (χ1n) is 8.73. The van der Waals surface area contributed by atoms with E-state index in [0.29, 0.717) is 19.8 Å². The van der Waals surface area contributed by atoms with E-state index in [4.69, 9.17) is 10.5 Å². The number of nitrogens with one attached hydrogen (secondary N) is 1. The Kier molecular flexibility index (Phi) is 5.48. The van der Waals surface area contributed by atoms with Gasteiger partial charge < -0.3 is 15.8 Å². The minimum absolute atomic E-state index is 0.0708. The van der Waals surface area contributed by atoms with E-state index < -0.39 is 5.54 Å². The van der Waals surface area contributed by atoms with Gasteiger partial charge in [0.05, 0.1) is 24.8 Å². The molecule has 0 radical (unpaired) electrons. The van der Waals surface area contributed by atoms with E-state index in [0.717, 1.165) is 44.3 Å². The molecule has 1 atom stereocenters. The molecular weight excluding hydrogens is 309 g/mol. The second-order valence-corrected chi connectivity index (χ2v) is 6.79. The highest BCUT2D eigenvalue weighted by Crippen LogP contribution is 2.28. The van der Waals surface area contributed by atoms with Gasteiger partial charge in [-0.2, -0.15) is 0 Å². The zero-order chi connectivity index (χ0) is 17.0. The maximum atomic E-state index is 13.6. The van der Waals surface area contributed by atoms with Crippen molar-refractivity contribution in [1.82, 2.24) is 10.2 Å². The summed E-state index contributed by atoms with van der Waals surface area (Å²) in [7, 11) is 0. The number of amides is 1. The van der Waals surface area contributed by atoms with Crippen LogP contribution in [0.4, 0.5) is 4.39 Å². The molecule has 6 heteroatoms. The normalized spacial score (nSPS) is 22.2. The van der Waals surface area contributed by atoms with E-state index in [-0.39, 0.29) is 17.8 Å². The maximum absolute atomic E-state index is 13.6. The van der Waals surface area contributed by atoms with Gasteiger partial charge in [-0.3, -0.25) is 9.69 Å². The van der Waals surface area contributed by atoms with Crippen LogP contribution in [0.5, 0.6) is 0 Å². The molecule has 2 fully saturated rings. The number of nitrogens with two attached hydrogens (primary N) is 1. The van der Waals surface area contributed by atoms with Crippen molar-refractivity contribution in [2.45, 2.75) is 37.3 Å². The van der Waals surface area contributed by atoms with Gasteiger partial charge in [-0.15, -0.1) is 0 Å². The molecule has 1 saturated heterocycles. The minimum Gasteiger partial charge on any atom is -0.379 e. The molecule has 0 spiro atoms. The fourth-order valence-corrected chi connectivity index (χ4v) is 3.66. The van der Waals surface area contributed by atoms with E-state index in [9.17, 15) is 9.18 Å². The Morgan fingerprint density at radius 2 is 2.04 bits per heavy atom. The molecule has 1 aliphatic heterocycles. The van der Waals surface area contributed by atoms with E-state index in [2.05, 4.69) is 10.2 Å². The summed E-state index contributed by atoms with van der Waals surface area (Å²) < 4.78 is 19.1. The molecule has 1 unspecified atom stereocenters. The molecule has 2 aliphatic rings. The number of halogens is 1. The van der Waals surface area contributed by atoms with Crippen LogP contribution < -0.4 is 11.1 Å². The Bertz CT molecular complexity index is 569. The molecule has 24 heavy (non-hydrogen) atoms. The number of ether oxygens (including phenoxy) is 1. The molecule has 0 bridgehead atoms. The maximum Gasteiger partial charge on any atom is 0.240 e. The van der Waals surface area contributed by atoms with Crippen molar-refractivity contribution >= 4 is 5.91 Å². The molecule has 3 N–H and O–H groups in total. The van der Waals surface area contributed by atoms with Crippen LogP contribution in [0, 0.1) is 5.82 Å². The number of carbonyl (C=O) groups excluding carboxylic acids is 1. The zero-order valence-corrected chi connectivity index (χ0v) is 14.0. The highest BCUT2D eigenvalue weighted by molar-refractivity contribution is 5.86. The number of nitrogens with zero attached hydrogens (tertiary/aromatic N) is 1. The average Bonchev–Trinajstić information content (AvgIpc) is 3.04. The smallest absolute Gasteiger partial charge is 0.240 e. The molecule has 0 aromatic heterocycles. The molecule has 1 saturated carbocycles. The molecule has 1 aromatic carbocycles. The van der Waals surface area contributed by atoms with Gasteiger partial charge in [-0.1, -0.05) is 25.0 Å². The molecular formula is C18H26FN3O2. The Morgan fingerprint density at radius 1 is 1.33 bits per heavy atom. The largest absolute Gasteiger partial charge is 0.379 e. The van der Waals surface area contributed by atoms with E-state index in [1.165, 1.54) is 6.07 Å². The van der Waals surface area contributed by atoms with Crippen LogP contribution in [-0.4, -0.2) is 49.2 Å². The van der Waals surface area contributed by atoms with Gasteiger partial charge in [-0.25, -0.2) is 4.39 Å². The Balaban J connectivity index is 1.71. The van der Waals surface area contributed by atoms with Crippen LogP contribution in [0.25, 0.3) is 0 Å². The van der Waals surface area contributed by atoms with Crippen LogP contribution in [-0.2, 0) is 9.53 Å². The quantitative estimate of drug-likeness (QED) is 0.857. The van der Waals surface area contributed by atoms with E-state index in [1.807, 2.05) is 6.07 Å². The summed E-state index contributed by atoms with van der Waals surface area (Å²) in [5.41, 5.74) is 6.36. The summed E-state index contributed by atoms with van der Waals surface area (Å²) in [6.45, 7) is 3.28. The Labute approximate surface area is 142 Å². The van der Waals surface area contributed by atoms with Crippen LogP contribution in [0.2, 0.25) is 0 Å². The summed E-state index contributed by atoms with van der Waals surface area (Å²) in [6, 6.07) is 6.52. The molecule has 1 aliphatic carbocycles. The zero-order valence-electron chi connectivity index (χ0n) is 14.0. The average molecular weight is 335 g/mol. The first kappa shape index (κ1) is 17.3. The fraction of sp³-hybridized carbons (Fsp3) is 0.611. The van der Waals surface area contributed by atoms with Gasteiger partial charge in [0.1, 0.15) is 5.82 Å². The number of hydrogen-bond acceptors (Lipinski definition) is 4. The van der Waals surface area contributed by atoms with Crippen molar-refractivity contribution in [3.05, 3.63) is 35.6 Å². The van der Waals surface area contributed by atoms with Crippen LogP contribution in [0.3, 0.4) is 0 Å². The van der Waals surface area contributed by atoms with Crippen molar-refractivity contribution in [1.29, 1.82) is 0 Å². The number of carbonyl (C=O) groups is 1. The predicted molar refractivity (Wildman–Crippen MR) is 89.9 cm³/mol. The molecule has 3 rings (SSSR count). The highest BCUT2D eigenvalue weighted by Gasteiger charge is 2.37. The third-order valence-electron chi connectivity index (χ3n) is 5.12. The summed E-state index contributed by atoms with van der Waals surface area (Å²) >= 11 is 0. The van der Waals surface area contributed by atoms with Gasteiger partial charge in [-0.05, 0) is 30.5 Å². The molecule has 1 aromatic rings. The third kappa shape index (κ3) is 3.94. The number of rotatable bonds is 5. The monoisotopic (exact) mass is 335 g/mol. The number of morpholine rings is 1. The van der Waals surface area contributed by atoms with Crippen molar-refractivity contribution < 1.29 is 13.9 Å². The summed E-state index contributed by atoms with van der Waals surface area (Å²) in [4.78, 5) is 14.7. The first-order valence-corrected chi connectivity index (χ1v) is 8.73. The van der Waals surface area contributed by atoms with Gasteiger partial charge in [0.25, 0.3) is 0 Å². The second kappa shape index (κ2) is 7.59. The number of benzene rings is 1. The van der Waals surface area contributed by atoms with E-state index in [1.54, 1.807) is 12.1 Å². The third-order valence-corrected chi connectivity index (χ3v) is 5.12.